The van der Waals surface area contributed by atoms with E-state index in [1.54, 1.807) is 24.3 Å². The Kier molecular flexibility index (Phi) is 5.89. The standard InChI is InChI=1S/C23H16ClN3O4S/c1-15(22-13-31-14-26-22)16-2-5-19(6-3-16)32(29,30)27-21-7-4-18(24)12-20(21)23(28)17-8-10-25-11-9-17/h2-14,27H,1H2. The summed E-state index contributed by atoms with van der Waals surface area (Å²) in [6, 6.07) is 13.6. The van der Waals surface area contributed by atoms with Crippen LogP contribution in [0.5, 0.6) is 0 Å². The third kappa shape index (κ3) is 4.46. The Balaban J connectivity index is 1.63. The Morgan fingerprint density at radius 1 is 1.00 bits per heavy atom. The molecule has 7 nitrogen and oxygen atoms in total. The van der Waals surface area contributed by atoms with Gasteiger partial charge in [0.2, 0.25) is 0 Å². The van der Waals surface area contributed by atoms with Crippen molar-refractivity contribution in [1.82, 2.24) is 9.97 Å². The Labute approximate surface area is 189 Å². The highest BCUT2D eigenvalue weighted by Gasteiger charge is 2.20. The zero-order chi connectivity index (χ0) is 22.7. The van der Waals surface area contributed by atoms with Crippen LogP contribution >= 0.6 is 11.6 Å². The van der Waals surface area contributed by atoms with Crippen molar-refractivity contribution in [1.29, 1.82) is 0 Å². The number of hydrogen-bond donors (Lipinski definition) is 1. The number of halogens is 1. The van der Waals surface area contributed by atoms with Crippen LogP contribution in [0.25, 0.3) is 5.57 Å². The van der Waals surface area contributed by atoms with Gasteiger partial charge in [-0.3, -0.25) is 14.5 Å². The molecule has 0 saturated heterocycles. The summed E-state index contributed by atoms with van der Waals surface area (Å²) in [4.78, 5) is 20.9. The number of sulfonamides is 1. The summed E-state index contributed by atoms with van der Waals surface area (Å²) in [6.45, 7) is 3.95. The molecule has 0 saturated carbocycles. The first-order valence-electron chi connectivity index (χ1n) is 9.30. The largest absolute Gasteiger partial charge is 0.451 e. The zero-order valence-corrected chi connectivity index (χ0v) is 18.1. The first kappa shape index (κ1) is 21.5. The normalized spacial score (nSPS) is 11.2. The quantitative estimate of drug-likeness (QED) is 0.393. The van der Waals surface area contributed by atoms with Crippen LogP contribution in [-0.2, 0) is 10.0 Å². The highest BCUT2D eigenvalue weighted by atomic mass is 35.5. The molecule has 0 bridgehead atoms. The van der Waals surface area contributed by atoms with Crippen LogP contribution in [-0.4, -0.2) is 24.2 Å². The predicted molar refractivity (Wildman–Crippen MR) is 121 cm³/mol. The minimum Gasteiger partial charge on any atom is -0.451 e. The number of oxazole rings is 1. The van der Waals surface area contributed by atoms with Gasteiger partial charge in [-0.2, -0.15) is 0 Å². The number of anilines is 1. The van der Waals surface area contributed by atoms with Crippen molar-refractivity contribution in [2.24, 2.45) is 0 Å². The SMILES string of the molecule is C=C(c1ccc(S(=O)(=O)Nc2ccc(Cl)cc2C(=O)c2ccncc2)cc1)c1cocn1. The average Bonchev–Trinajstić information content (AvgIpc) is 3.35. The molecule has 0 aliphatic rings. The summed E-state index contributed by atoms with van der Waals surface area (Å²) in [7, 11) is -3.98. The Morgan fingerprint density at radius 3 is 2.38 bits per heavy atom. The molecule has 2 aromatic heterocycles. The van der Waals surface area contributed by atoms with Crippen LogP contribution in [0.4, 0.5) is 5.69 Å². The molecule has 0 spiro atoms. The molecule has 2 heterocycles. The third-order valence-corrected chi connectivity index (χ3v) is 6.28. The second kappa shape index (κ2) is 8.78. The van der Waals surface area contributed by atoms with E-state index >= 15 is 0 Å². The van der Waals surface area contributed by atoms with E-state index in [2.05, 4.69) is 21.3 Å². The van der Waals surface area contributed by atoms with Gasteiger partial charge in [-0.05, 0) is 48.0 Å². The summed E-state index contributed by atoms with van der Waals surface area (Å²) in [5.41, 5.74) is 2.45. The second-order valence-corrected chi connectivity index (χ2v) is 8.86. The number of carbonyl (C=O) groups excluding carboxylic acids is 1. The molecule has 0 fully saturated rings. The fourth-order valence-corrected chi connectivity index (χ4v) is 4.25. The van der Waals surface area contributed by atoms with E-state index in [1.807, 2.05) is 0 Å². The summed E-state index contributed by atoms with van der Waals surface area (Å²) in [6.07, 6.45) is 5.71. The van der Waals surface area contributed by atoms with E-state index in [9.17, 15) is 13.2 Å². The second-order valence-electron chi connectivity index (χ2n) is 6.74. The van der Waals surface area contributed by atoms with E-state index in [4.69, 9.17) is 16.0 Å². The van der Waals surface area contributed by atoms with Crippen molar-refractivity contribution in [2.45, 2.75) is 4.90 Å². The monoisotopic (exact) mass is 465 g/mol. The molecular weight excluding hydrogens is 450 g/mol. The fraction of sp³-hybridized carbons (Fsp3) is 0. The van der Waals surface area contributed by atoms with Crippen LogP contribution < -0.4 is 4.72 Å². The number of hydrogen-bond acceptors (Lipinski definition) is 6. The molecule has 4 rings (SSSR count). The smallest absolute Gasteiger partial charge is 0.261 e. The van der Waals surface area contributed by atoms with Crippen molar-refractivity contribution in [2.75, 3.05) is 4.72 Å². The molecule has 9 heteroatoms. The number of rotatable bonds is 7. The van der Waals surface area contributed by atoms with Gasteiger partial charge in [-0.1, -0.05) is 30.3 Å². The van der Waals surface area contributed by atoms with Crippen LogP contribution in [0.2, 0.25) is 5.02 Å². The molecule has 2 aromatic carbocycles. The minimum absolute atomic E-state index is 0.0199. The molecule has 0 amide bonds. The number of carbonyl (C=O) groups is 1. The molecular formula is C23H16ClN3O4S. The number of benzene rings is 2. The van der Waals surface area contributed by atoms with E-state index in [0.29, 0.717) is 27.4 Å². The molecule has 160 valence electrons. The molecule has 0 unspecified atom stereocenters. The maximum atomic E-state index is 13.0. The Morgan fingerprint density at radius 2 is 1.72 bits per heavy atom. The lowest BCUT2D eigenvalue weighted by Crippen LogP contribution is -2.16. The van der Waals surface area contributed by atoms with Gasteiger partial charge in [0.15, 0.2) is 12.2 Å². The van der Waals surface area contributed by atoms with Gasteiger partial charge in [-0.15, -0.1) is 0 Å². The number of nitrogens with one attached hydrogen (secondary N) is 1. The maximum Gasteiger partial charge on any atom is 0.261 e. The Hall–Kier alpha value is -3.75. The van der Waals surface area contributed by atoms with Crippen molar-refractivity contribution in [3.8, 4) is 0 Å². The molecule has 0 aliphatic carbocycles. The van der Waals surface area contributed by atoms with Crippen molar-refractivity contribution in [3.63, 3.8) is 0 Å². The van der Waals surface area contributed by atoms with E-state index in [1.165, 1.54) is 55.4 Å². The summed E-state index contributed by atoms with van der Waals surface area (Å²) >= 11 is 6.06. The van der Waals surface area contributed by atoms with Gasteiger partial charge >= 0.3 is 0 Å². The number of nitrogens with zero attached hydrogens (tertiary/aromatic N) is 2. The number of aromatic nitrogens is 2. The summed E-state index contributed by atoms with van der Waals surface area (Å²) in [5, 5.41) is 0.307. The first-order valence-corrected chi connectivity index (χ1v) is 11.2. The van der Waals surface area contributed by atoms with E-state index in [-0.39, 0.29) is 21.9 Å². The molecule has 0 aliphatic heterocycles. The maximum absolute atomic E-state index is 13.0. The average molecular weight is 466 g/mol. The van der Waals surface area contributed by atoms with Crippen molar-refractivity contribution in [3.05, 3.63) is 114 Å². The zero-order valence-electron chi connectivity index (χ0n) is 16.5. The fourth-order valence-electron chi connectivity index (χ4n) is 3.00. The number of pyridine rings is 1. The van der Waals surface area contributed by atoms with E-state index < -0.39 is 10.0 Å². The predicted octanol–water partition coefficient (Wildman–Crippen LogP) is 4.82. The van der Waals surface area contributed by atoms with E-state index in [0.717, 1.165) is 0 Å². The molecule has 0 radical (unpaired) electrons. The van der Waals surface area contributed by atoms with Crippen LogP contribution in [0.3, 0.4) is 0 Å². The molecule has 4 aromatic rings. The lowest BCUT2D eigenvalue weighted by molar-refractivity contribution is 0.103. The van der Waals surface area contributed by atoms with Gasteiger partial charge in [0.25, 0.3) is 10.0 Å². The molecule has 1 N–H and O–H groups in total. The highest BCUT2D eigenvalue weighted by Crippen LogP contribution is 2.27. The topological polar surface area (TPSA) is 102 Å². The van der Waals surface area contributed by atoms with Gasteiger partial charge in [0.1, 0.15) is 12.0 Å². The summed E-state index contributed by atoms with van der Waals surface area (Å²) < 4.78 is 33.4. The van der Waals surface area contributed by atoms with Gasteiger partial charge in [-0.25, -0.2) is 13.4 Å². The molecule has 32 heavy (non-hydrogen) atoms. The van der Waals surface area contributed by atoms with Crippen molar-refractivity contribution < 1.29 is 17.6 Å². The lowest BCUT2D eigenvalue weighted by Gasteiger charge is -2.13. The minimum atomic E-state index is -3.98. The number of ketones is 1. The molecule has 0 atom stereocenters. The van der Waals surface area contributed by atoms with Crippen molar-refractivity contribution >= 4 is 38.7 Å². The van der Waals surface area contributed by atoms with Crippen LogP contribution in [0, 0.1) is 0 Å². The highest BCUT2D eigenvalue weighted by molar-refractivity contribution is 7.92. The lowest BCUT2D eigenvalue weighted by atomic mass is 10.0. The van der Waals surface area contributed by atoms with Crippen LogP contribution in [0.15, 0.2) is 95.5 Å². The Bertz CT molecular complexity index is 1390. The van der Waals surface area contributed by atoms with Gasteiger partial charge in [0, 0.05) is 34.1 Å². The van der Waals surface area contributed by atoms with Gasteiger partial charge < -0.3 is 4.42 Å². The first-order chi connectivity index (χ1) is 15.3. The van der Waals surface area contributed by atoms with Gasteiger partial charge in [0.05, 0.1) is 10.6 Å². The summed E-state index contributed by atoms with van der Waals surface area (Å²) in [5.74, 6) is -0.383. The third-order valence-electron chi connectivity index (χ3n) is 4.67. The van der Waals surface area contributed by atoms with Crippen LogP contribution in [0.1, 0.15) is 27.2 Å².